The highest BCUT2D eigenvalue weighted by atomic mass is 16.2. The number of hydrogen-bond acceptors (Lipinski definition) is 3. The summed E-state index contributed by atoms with van der Waals surface area (Å²) in [5, 5.41) is 3.46. The molecule has 152 valence electrons. The molecule has 0 aromatic heterocycles. The number of nitrogens with one attached hydrogen (secondary N) is 1. The lowest BCUT2D eigenvalue weighted by Crippen LogP contribution is -2.44. The van der Waals surface area contributed by atoms with Crippen molar-refractivity contribution in [1.29, 1.82) is 0 Å². The van der Waals surface area contributed by atoms with Crippen LogP contribution in [0.2, 0.25) is 0 Å². The molecule has 2 saturated heterocycles. The van der Waals surface area contributed by atoms with Gasteiger partial charge in [0.2, 0.25) is 5.91 Å². The highest BCUT2D eigenvalue weighted by Gasteiger charge is 2.30. The molecule has 1 aromatic rings. The van der Waals surface area contributed by atoms with Gasteiger partial charge in [0.05, 0.1) is 13.0 Å². The fraction of sp³-hybridized carbons (Fsp3) is 0.636. The van der Waals surface area contributed by atoms with Crippen molar-refractivity contribution in [3.63, 3.8) is 0 Å². The molecule has 28 heavy (non-hydrogen) atoms. The van der Waals surface area contributed by atoms with E-state index >= 15 is 0 Å². The molecule has 2 fully saturated rings. The van der Waals surface area contributed by atoms with Crippen molar-refractivity contribution < 1.29 is 4.79 Å². The predicted molar refractivity (Wildman–Crippen MR) is 114 cm³/mol. The minimum atomic E-state index is 0.188. The third-order valence-electron chi connectivity index (χ3n) is 6.22. The molecule has 0 bridgehead atoms. The van der Waals surface area contributed by atoms with Gasteiger partial charge in [0.15, 0.2) is 5.96 Å². The summed E-state index contributed by atoms with van der Waals surface area (Å²) in [5.74, 6) is 1.19. The number of carbonyl (C=O) groups excluding carboxylic acids is 1. The van der Waals surface area contributed by atoms with Crippen LogP contribution < -0.4 is 10.2 Å². The fourth-order valence-electron chi connectivity index (χ4n) is 4.76. The monoisotopic (exact) mass is 383 g/mol. The van der Waals surface area contributed by atoms with Crippen LogP contribution in [0.1, 0.15) is 38.2 Å². The third kappa shape index (κ3) is 4.17. The number of piperidine rings is 1. The van der Waals surface area contributed by atoms with E-state index in [0.717, 1.165) is 36.8 Å². The van der Waals surface area contributed by atoms with E-state index in [1.807, 2.05) is 29.2 Å². The van der Waals surface area contributed by atoms with Gasteiger partial charge in [0, 0.05) is 37.9 Å². The summed E-state index contributed by atoms with van der Waals surface area (Å²) in [7, 11) is 0. The van der Waals surface area contributed by atoms with Crippen molar-refractivity contribution in [3.05, 3.63) is 29.8 Å². The highest BCUT2D eigenvalue weighted by Crippen LogP contribution is 2.28. The van der Waals surface area contributed by atoms with Gasteiger partial charge in [-0.3, -0.25) is 14.7 Å². The number of rotatable bonds is 5. The lowest BCUT2D eigenvalue weighted by atomic mass is 10.1. The third-order valence-corrected chi connectivity index (χ3v) is 6.22. The van der Waals surface area contributed by atoms with Gasteiger partial charge in [-0.2, -0.15) is 0 Å². The number of carbonyl (C=O) groups is 1. The first-order chi connectivity index (χ1) is 13.8. The van der Waals surface area contributed by atoms with Gasteiger partial charge in [0.1, 0.15) is 0 Å². The molecule has 6 nitrogen and oxygen atoms in total. The van der Waals surface area contributed by atoms with Crippen molar-refractivity contribution in [2.75, 3.05) is 50.7 Å². The van der Waals surface area contributed by atoms with Crippen LogP contribution >= 0.6 is 0 Å². The summed E-state index contributed by atoms with van der Waals surface area (Å²) >= 11 is 0. The van der Waals surface area contributed by atoms with Crippen molar-refractivity contribution >= 4 is 17.6 Å². The maximum absolute atomic E-state index is 12.4. The average Bonchev–Trinajstić information content (AvgIpc) is 3.33. The largest absolute Gasteiger partial charge is 0.357 e. The minimum Gasteiger partial charge on any atom is -0.357 e. The number of guanidine groups is 1. The average molecular weight is 384 g/mol. The summed E-state index contributed by atoms with van der Waals surface area (Å²) in [6.07, 6.45) is 5.81. The Kier molecular flexibility index (Phi) is 6.15. The zero-order chi connectivity index (χ0) is 19.3. The maximum atomic E-state index is 12.4. The van der Waals surface area contributed by atoms with Crippen LogP contribution in [0.5, 0.6) is 0 Å². The van der Waals surface area contributed by atoms with Gasteiger partial charge in [-0.05, 0) is 50.9 Å². The van der Waals surface area contributed by atoms with E-state index in [1.165, 1.54) is 38.8 Å². The molecule has 6 heteroatoms. The lowest BCUT2D eigenvalue weighted by molar-refractivity contribution is -0.117. The molecule has 0 spiro atoms. The van der Waals surface area contributed by atoms with Gasteiger partial charge in [-0.25, -0.2) is 0 Å². The SMILES string of the molecule is CCNC(=NCCN1C(=O)Cc2ccccc21)N1CCC(N2CCCCC2)C1. The van der Waals surface area contributed by atoms with Crippen LogP contribution in [-0.2, 0) is 11.2 Å². The molecule has 3 heterocycles. The molecular formula is C22H33N5O. The highest BCUT2D eigenvalue weighted by molar-refractivity contribution is 6.01. The molecule has 0 aliphatic carbocycles. The number of fused-ring (bicyclic) bond motifs is 1. The smallest absolute Gasteiger partial charge is 0.231 e. The van der Waals surface area contributed by atoms with Gasteiger partial charge < -0.3 is 15.1 Å². The number of likely N-dealkylation sites (tertiary alicyclic amines) is 2. The molecule has 1 N–H and O–H groups in total. The molecule has 1 aromatic carbocycles. The molecule has 4 rings (SSSR count). The van der Waals surface area contributed by atoms with E-state index in [1.54, 1.807) is 0 Å². The van der Waals surface area contributed by atoms with Gasteiger partial charge in [-0.1, -0.05) is 24.6 Å². The van der Waals surface area contributed by atoms with Crippen molar-refractivity contribution in [3.8, 4) is 0 Å². The van der Waals surface area contributed by atoms with Crippen LogP contribution in [-0.4, -0.2) is 73.5 Å². The Morgan fingerprint density at radius 2 is 2.00 bits per heavy atom. The fourth-order valence-corrected chi connectivity index (χ4v) is 4.76. The summed E-state index contributed by atoms with van der Waals surface area (Å²) in [6, 6.07) is 8.76. The predicted octanol–water partition coefficient (Wildman–Crippen LogP) is 2.10. The Morgan fingerprint density at radius 3 is 2.82 bits per heavy atom. The topological polar surface area (TPSA) is 51.2 Å². The number of nitrogens with zero attached hydrogens (tertiary/aromatic N) is 4. The Labute approximate surface area is 168 Å². The Hall–Kier alpha value is -2.08. The Balaban J connectivity index is 1.35. The Bertz CT molecular complexity index is 713. The zero-order valence-electron chi connectivity index (χ0n) is 17.1. The van der Waals surface area contributed by atoms with E-state index in [-0.39, 0.29) is 5.91 Å². The number of anilines is 1. The molecule has 3 aliphatic heterocycles. The molecule has 1 atom stereocenters. The van der Waals surface area contributed by atoms with Crippen LogP contribution in [0.15, 0.2) is 29.3 Å². The van der Waals surface area contributed by atoms with Gasteiger partial charge in [-0.15, -0.1) is 0 Å². The molecule has 0 saturated carbocycles. The number of aliphatic imine (C=N–C) groups is 1. The van der Waals surface area contributed by atoms with Crippen LogP contribution in [0.25, 0.3) is 0 Å². The van der Waals surface area contributed by atoms with Gasteiger partial charge in [0.25, 0.3) is 0 Å². The number of hydrogen-bond donors (Lipinski definition) is 1. The van der Waals surface area contributed by atoms with E-state index < -0.39 is 0 Å². The zero-order valence-corrected chi connectivity index (χ0v) is 17.1. The molecule has 1 unspecified atom stereocenters. The number of amides is 1. The van der Waals surface area contributed by atoms with Crippen LogP contribution in [0.4, 0.5) is 5.69 Å². The normalized spacial score (nSPS) is 23.4. The Morgan fingerprint density at radius 1 is 1.18 bits per heavy atom. The first kappa shape index (κ1) is 19.2. The van der Waals surface area contributed by atoms with E-state index in [9.17, 15) is 4.79 Å². The van der Waals surface area contributed by atoms with E-state index in [0.29, 0.717) is 25.6 Å². The summed E-state index contributed by atoms with van der Waals surface area (Å²) in [6.45, 7) is 8.91. The van der Waals surface area contributed by atoms with Crippen molar-refractivity contribution in [2.24, 2.45) is 4.99 Å². The summed E-state index contributed by atoms with van der Waals surface area (Å²) in [4.78, 5) is 24.2. The first-order valence-electron chi connectivity index (χ1n) is 10.9. The van der Waals surface area contributed by atoms with Crippen molar-refractivity contribution in [1.82, 2.24) is 15.1 Å². The second kappa shape index (κ2) is 8.95. The van der Waals surface area contributed by atoms with Gasteiger partial charge >= 0.3 is 0 Å². The van der Waals surface area contributed by atoms with Crippen LogP contribution in [0, 0.1) is 0 Å². The summed E-state index contributed by atoms with van der Waals surface area (Å²) < 4.78 is 0. The standard InChI is InChI=1S/C22H33N5O/c1-2-23-22(26-14-10-19(17-26)25-12-6-3-7-13-25)24-11-15-27-20-9-5-4-8-18(20)16-21(27)28/h4-5,8-9,19H,2-3,6-7,10-17H2,1H3,(H,23,24). The molecule has 3 aliphatic rings. The minimum absolute atomic E-state index is 0.188. The lowest BCUT2D eigenvalue weighted by Gasteiger charge is -2.32. The molecule has 1 amide bonds. The number of para-hydroxylation sites is 1. The summed E-state index contributed by atoms with van der Waals surface area (Å²) in [5.41, 5.74) is 2.19. The van der Waals surface area contributed by atoms with Crippen LogP contribution in [0.3, 0.4) is 0 Å². The maximum Gasteiger partial charge on any atom is 0.231 e. The molecule has 0 radical (unpaired) electrons. The van der Waals surface area contributed by atoms with E-state index in [2.05, 4.69) is 22.0 Å². The molecular weight excluding hydrogens is 350 g/mol. The van der Waals surface area contributed by atoms with E-state index in [4.69, 9.17) is 4.99 Å². The number of benzene rings is 1. The second-order valence-electron chi connectivity index (χ2n) is 8.07. The second-order valence-corrected chi connectivity index (χ2v) is 8.07. The first-order valence-corrected chi connectivity index (χ1v) is 10.9. The quantitative estimate of drug-likeness (QED) is 0.625. The van der Waals surface area contributed by atoms with Crippen molar-refractivity contribution in [2.45, 2.75) is 45.1 Å².